The fourth-order valence-electron chi connectivity index (χ4n) is 1.58. The molecule has 0 bridgehead atoms. The van der Waals surface area contributed by atoms with E-state index in [9.17, 15) is 4.79 Å². The lowest BCUT2D eigenvalue weighted by molar-refractivity contribution is -0.139. The molecule has 1 atom stereocenters. The number of benzene rings is 1. The van der Waals surface area contributed by atoms with Crippen LogP contribution < -0.4 is 0 Å². The van der Waals surface area contributed by atoms with Gasteiger partial charge in [0.1, 0.15) is 5.92 Å². The number of carbonyl (C=O) groups is 1. The average Bonchev–Trinajstić information content (AvgIpc) is 2.73. The quantitative estimate of drug-likeness (QED) is 0.869. The third-order valence-corrected chi connectivity index (χ3v) is 2.42. The van der Waals surface area contributed by atoms with Crippen molar-refractivity contribution in [3.05, 3.63) is 47.7 Å². The van der Waals surface area contributed by atoms with Gasteiger partial charge in [-0.1, -0.05) is 30.3 Å². The molecule has 0 aliphatic rings. The number of carboxylic acid groups (broad SMARTS) is 1. The molecule has 0 fully saturated rings. The molecule has 0 saturated heterocycles. The van der Waals surface area contributed by atoms with Crippen molar-refractivity contribution in [3.63, 3.8) is 0 Å². The number of carboxylic acids is 1. The molecule has 0 spiro atoms. The lowest BCUT2D eigenvalue weighted by Crippen LogP contribution is -2.14. The van der Waals surface area contributed by atoms with E-state index in [0.717, 1.165) is 5.56 Å². The average molecular weight is 232 g/mol. The summed E-state index contributed by atoms with van der Waals surface area (Å²) in [6.07, 6.45) is 0.345. The summed E-state index contributed by atoms with van der Waals surface area (Å²) in [6, 6.07) is 9.37. The number of aryl methyl sites for hydroxylation is 1. The zero-order chi connectivity index (χ0) is 12.3. The molecule has 0 aliphatic carbocycles. The second-order valence-corrected chi connectivity index (χ2v) is 3.74. The molecule has 17 heavy (non-hydrogen) atoms. The number of rotatable bonds is 4. The van der Waals surface area contributed by atoms with Gasteiger partial charge in [0.25, 0.3) is 0 Å². The Morgan fingerprint density at radius 3 is 2.59 bits per heavy atom. The Balaban J connectivity index is 2.22. The van der Waals surface area contributed by atoms with Crippen molar-refractivity contribution in [2.24, 2.45) is 0 Å². The highest BCUT2D eigenvalue weighted by Crippen LogP contribution is 2.20. The van der Waals surface area contributed by atoms with Crippen molar-refractivity contribution in [1.82, 2.24) is 10.2 Å². The van der Waals surface area contributed by atoms with Crippen molar-refractivity contribution < 1.29 is 14.3 Å². The van der Waals surface area contributed by atoms with E-state index in [1.165, 1.54) is 0 Å². The van der Waals surface area contributed by atoms with E-state index < -0.39 is 11.9 Å². The van der Waals surface area contributed by atoms with Gasteiger partial charge in [0.05, 0.1) is 0 Å². The van der Waals surface area contributed by atoms with Crippen molar-refractivity contribution in [3.8, 4) is 0 Å². The van der Waals surface area contributed by atoms with Crippen LogP contribution in [0.1, 0.15) is 23.3 Å². The fourth-order valence-corrected chi connectivity index (χ4v) is 1.58. The second kappa shape index (κ2) is 4.78. The van der Waals surface area contributed by atoms with E-state index in [2.05, 4.69) is 10.2 Å². The molecule has 0 amide bonds. The molecule has 1 heterocycles. The summed E-state index contributed by atoms with van der Waals surface area (Å²) in [5, 5.41) is 16.6. The van der Waals surface area contributed by atoms with Crippen LogP contribution >= 0.6 is 0 Å². The maximum Gasteiger partial charge on any atom is 0.316 e. The standard InChI is InChI=1S/C12H12N2O3/c1-8-13-14-11(17-8)10(12(15)16)7-9-5-3-2-4-6-9/h2-6,10H,7H2,1H3,(H,15,16). The molecule has 0 radical (unpaired) electrons. The minimum atomic E-state index is -0.961. The van der Waals surface area contributed by atoms with Gasteiger partial charge in [-0.15, -0.1) is 10.2 Å². The molecular weight excluding hydrogens is 220 g/mol. The van der Waals surface area contributed by atoms with E-state index in [-0.39, 0.29) is 5.89 Å². The molecule has 2 aromatic rings. The molecule has 1 aromatic carbocycles. The summed E-state index contributed by atoms with van der Waals surface area (Å²) in [7, 11) is 0. The largest absolute Gasteiger partial charge is 0.481 e. The van der Waals surface area contributed by atoms with Crippen LogP contribution in [-0.4, -0.2) is 21.3 Å². The summed E-state index contributed by atoms with van der Waals surface area (Å²) < 4.78 is 5.18. The normalized spacial score (nSPS) is 12.3. The third-order valence-electron chi connectivity index (χ3n) is 2.42. The van der Waals surface area contributed by atoms with Gasteiger partial charge < -0.3 is 9.52 Å². The van der Waals surface area contributed by atoms with E-state index in [1.54, 1.807) is 6.92 Å². The highest BCUT2D eigenvalue weighted by molar-refractivity contribution is 5.75. The van der Waals surface area contributed by atoms with Crippen LogP contribution in [0.4, 0.5) is 0 Å². The molecule has 88 valence electrons. The molecular formula is C12H12N2O3. The van der Waals surface area contributed by atoms with E-state index >= 15 is 0 Å². The Kier molecular flexibility index (Phi) is 3.18. The van der Waals surface area contributed by atoms with Crippen molar-refractivity contribution in [1.29, 1.82) is 0 Å². The van der Waals surface area contributed by atoms with Gasteiger partial charge in [-0.2, -0.15) is 0 Å². The maximum atomic E-state index is 11.2. The lowest BCUT2D eigenvalue weighted by Gasteiger charge is -2.07. The van der Waals surface area contributed by atoms with Crippen molar-refractivity contribution >= 4 is 5.97 Å². The molecule has 5 heteroatoms. The summed E-state index contributed by atoms with van der Waals surface area (Å²) in [4.78, 5) is 11.2. The van der Waals surface area contributed by atoms with Crippen LogP contribution in [0.5, 0.6) is 0 Å². The predicted octanol–water partition coefficient (Wildman–Crippen LogP) is 1.79. The highest BCUT2D eigenvalue weighted by atomic mass is 16.4. The number of hydrogen-bond acceptors (Lipinski definition) is 4. The van der Waals surface area contributed by atoms with Gasteiger partial charge in [-0.25, -0.2) is 0 Å². The molecule has 1 unspecified atom stereocenters. The SMILES string of the molecule is Cc1nnc(C(Cc2ccccc2)C(=O)O)o1. The van der Waals surface area contributed by atoms with Gasteiger partial charge in [-0.3, -0.25) is 4.79 Å². The van der Waals surface area contributed by atoms with Crippen molar-refractivity contribution in [2.45, 2.75) is 19.3 Å². The van der Waals surface area contributed by atoms with Gasteiger partial charge in [0.2, 0.25) is 11.8 Å². The smallest absolute Gasteiger partial charge is 0.316 e. The number of aromatic nitrogens is 2. The van der Waals surface area contributed by atoms with E-state index in [4.69, 9.17) is 9.52 Å². The monoisotopic (exact) mass is 232 g/mol. The Hall–Kier alpha value is -2.17. The zero-order valence-electron chi connectivity index (χ0n) is 9.33. The van der Waals surface area contributed by atoms with Crippen LogP contribution in [0.2, 0.25) is 0 Å². The fraction of sp³-hybridized carbons (Fsp3) is 0.250. The first kappa shape index (κ1) is 11.3. The van der Waals surface area contributed by atoms with Crippen LogP contribution in [0.25, 0.3) is 0 Å². The van der Waals surface area contributed by atoms with Gasteiger partial charge in [-0.05, 0) is 12.0 Å². The van der Waals surface area contributed by atoms with E-state index in [1.807, 2.05) is 30.3 Å². The van der Waals surface area contributed by atoms with Crippen LogP contribution in [0, 0.1) is 6.92 Å². The van der Waals surface area contributed by atoms with E-state index in [0.29, 0.717) is 12.3 Å². The highest BCUT2D eigenvalue weighted by Gasteiger charge is 2.25. The lowest BCUT2D eigenvalue weighted by atomic mass is 9.99. The first-order valence-electron chi connectivity index (χ1n) is 5.23. The molecule has 2 rings (SSSR count). The first-order chi connectivity index (χ1) is 8.16. The Bertz CT molecular complexity index is 507. The molecule has 0 aliphatic heterocycles. The van der Waals surface area contributed by atoms with Crippen LogP contribution in [0.15, 0.2) is 34.7 Å². The molecule has 1 N–H and O–H groups in total. The number of nitrogens with zero attached hydrogens (tertiary/aromatic N) is 2. The third kappa shape index (κ3) is 2.69. The Labute approximate surface area is 98.1 Å². The summed E-state index contributed by atoms with van der Waals surface area (Å²) in [5.74, 6) is -1.23. The maximum absolute atomic E-state index is 11.2. The minimum absolute atomic E-state index is 0.152. The minimum Gasteiger partial charge on any atom is -0.481 e. The summed E-state index contributed by atoms with van der Waals surface area (Å²) in [5.41, 5.74) is 0.927. The van der Waals surface area contributed by atoms with Crippen molar-refractivity contribution in [2.75, 3.05) is 0 Å². The zero-order valence-corrected chi connectivity index (χ0v) is 9.33. The molecule has 0 saturated carbocycles. The molecule has 1 aromatic heterocycles. The van der Waals surface area contributed by atoms with Crippen LogP contribution in [0.3, 0.4) is 0 Å². The Morgan fingerprint density at radius 1 is 1.35 bits per heavy atom. The Morgan fingerprint density at radius 2 is 2.06 bits per heavy atom. The second-order valence-electron chi connectivity index (χ2n) is 3.74. The van der Waals surface area contributed by atoms with Crippen LogP contribution in [-0.2, 0) is 11.2 Å². The van der Waals surface area contributed by atoms with Gasteiger partial charge >= 0.3 is 5.97 Å². The molecule has 5 nitrogen and oxygen atoms in total. The van der Waals surface area contributed by atoms with Gasteiger partial charge in [0.15, 0.2) is 0 Å². The predicted molar refractivity (Wildman–Crippen MR) is 59.6 cm³/mol. The summed E-state index contributed by atoms with van der Waals surface area (Å²) >= 11 is 0. The topological polar surface area (TPSA) is 76.2 Å². The number of hydrogen-bond donors (Lipinski definition) is 1. The number of aliphatic carboxylic acids is 1. The first-order valence-corrected chi connectivity index (χ1v) is 5.23. The summed E-state index contributed by atoms with van der Waals surface area (Å²) in [6.45, 7) is 1.64. The van der Waals surface area contributed by atoms with Gasteiger partial charge in [0, 0.05) is 6.92 Å².